The van der Waals surface area contributed by atoms with Crippen molar-refractivity contribution in [2.75, 3.05) is 7.11 Å². The Morgan fingerprint density at radius 1 is 1.17 bits per heavy atom. The van der Waals surface area contributed by atoms with Gasteiger partial charge in [0.15, 0.2) is 11.5 Å². The molecule has 0 N–H and O–H groups in total. The Labute approximate surface area is 143 Å². The largest absolute Gasteiger partial charge is 0.493 e. The summed E-state index contributed by atoms with van der Waals surface area (Å²) in [5, 5.41) is 10.0. The zero-order valence-corrected chi connectivity index (χ0v) is 14.0. The van der Waals surface area contributed by atoms with E-state index in [0.717, 1.165) is 23.1 Å². The topological polar surface area (TPSA) is 68.0 Å². The maximum Gasteiger partial charge on any atom is 0.231 e. The van der Waals surface area contributed by atoms with Crippen LogP contribution in [0, 0.1) is 11.3 Å². The summed E-state index contributed by atoms with van der Waals surface area (Å²) in [6.07, 6.45) is 6.11. The van der Waals surface area contributed by atoms with Gasteiger partial charge in [0.1, 0.15) is 11.2 Å². The molecule has 6 heteroatoms. The second-order valence-corrected chi connectivity index (χ2v) is 6.73. The fourth-order valence-electron chi connectivity index (χ4n) is 3.06. The van der Waals surface area contributed by atoms with Gasteiger partial charge in [0.25, 0.3) is 0 Å². The van der Waals surface area contributed by atoms with Crippen LogP contribution in [0.4, 0.5) is 0 Å². The summed E-state index contributed by atoms with van der Waals surface area (Å²) in [5.74, 6) is 1.62. The summed E-state index contributed by atoms with van der Waals surface area (Å²) in [7, 11) is 1.56. The number of aryl methyl sites for hydroxylation is 2. The lowest BCUT2D eigenvalue weighted by molar-refractivity contribution is 0.375. The van der Waals surface area contributed by atoms with Crippen molar-refractivity contribution >= 4 is 21.6 Å². The van der Waals surface area contributed by atoms with E-state index < -0.39 is 0 Å². The first-order chi connectivity index (χ1) is 11.8. The molecule has 0 spiro atoms. The van der Waals surface area contributed by atoms with Crippen molar-refractivity contribution in [3.63, 3.8) is 0 Å². The minimum Gasteiger partial charge on any atom is -0.493 e. The lowest BCUT2D eigenvalue weighted by Crippen LogP contribution is -2.00. The molecule has 0 amide bonds. The molecule has 1 aliphatic rings. The Morgan fingerprint density at radius 2 is 2.04 bits per heavy atom. The first-order valence-corrected chi connectivity index (χ1v) is 8.63. The Hall–Kier alpha value is -2.65. The number of fused-ring (bicyclic) bond motifs is 3. The van der Waals surface area contributed by atoms with Crippen molar-refractivity contribution in [2.45, 2.75) is 25.7 Å². The predicted octanol–water partition coefficient (Wildman–Crippen LogP) is 4.24. The molecule has 0 fully saturated rings. The quantitative estimate of drug-likeness (QED) is 0.715. The molecule has 3 aromatic rings. The Kier molecular flexibility index (Phi) is 3.79. The number of hydrogen-bond acceptors (Lipinski definition) is 6. The average Bonchev–Trinajstić information content (AvgIpc) is 3.01. The molecule has 120 valence electrons. The van der Waals surface area contributed by atoms with E-state index in [0.29, 0.717) is 22.9 Å². The van der Waals surface area contributed by atoms with Crippen LogP contribution in [0.15, 0.2) is 24.5 Å². The second-order valence-electron chi connectivity index (χ2n) is 5.65. The van der Waals surface area contributed by atoms with Crippen LogP contribution in [0.3, 0.4) is 0 Å². The third kappa shape index (κ3) is 2.47. The summed E-state index contributed by atoms with van der Waals surface area (Å²) >= 11 is 1.74. The lowest BCUT2D eigenvalue weighted by Gasteiger charge is -2.13. The normalized spacial score (nSPS) is 13.3. The number of thiophene rings is 1. The minimum atomic E-state index is 0.518. The van der Waals surface area contributed by atoms with Crippen molar-refractivity contribution in [2.24, 2.45) is 0 Å². The molecule has 1 aromatic carbocycles. The molecule has 2 aromatic heterocycles. The summed E-state index contributed by atoms with van der Waals surface area (Å²) in [6.45, 7) is 0. The summed E-state index contributed by atoms with van der Waals surface area (Å²) < 4.78 is 11.4. The summed E-state index contributed by atoms with van der Waals surface area (Å²) in [5.41, 5.74) is 1.85. The van der Waals surface area contributed by atoms with Crippen LogP contribution in [-0.4, -0.2) is 17.1 Å². The molecule has 1 aliphatic carbocycles. The molecule has 5 nitrogen and oxygen atoms in total. The molecule has 0 saturated carbocycles. The van der Waals surface area contributed by atoms with Crippen LogP contribution >= 0.6 is 11.3 Å². The highest BCUT2D eigenvalue weighted by Gasteiger charge is 2.21. The van der Waals surface area contributed by atoms with Gasteiger partial charge < -0.3 is 9.47 Å². The van der Waals surface area contributed by atoms with Gasteiger partial charge in [0, 0.05) is 10.9 Å². The third-order valence-electron chi connectivity index (χ3n) is 4.22. The molecule has 0 aliphatic heterocycles. The standard InChI is InChI=1S/C18H15N3O2S/c1-22-14-8-11(9-19)6-7-13(14)23-17-16-12-4-2-3-5-15(12)24-18(16)21-10-20-17/h6-8,10H,2-5H2,1H3. The molecule has 2 heterocycles. The van der Waals surface area contributed by atoms with Crippen LogP contribution in [0.5, 0.6) is 17.4 Å². The van der Waals surface area contributed by atoms with E-state index in [2.05, 4.69) is 16.0 Å². The summed E-state index contributed by atoms with van der Waals surface area (Å²) in [6, 6.07) is 7.21. The number of benzene rings is 1. The Morgan fingerprint density at radius 3 is 2.88 bits per heavy atom. The third-order valence-corrected chi connectivity index (χ3v) is 5.42. The molecule has 0 unspecified atom stereocenters. The van der Waals surface area contributed by atoms with Gasteiger partial charge in [0.05, 0.1) is 24.1 Å². The number of rotatable bonds is 3. The van der Waals surface area contributed by atoms with Crippen LogP contribution < -0.4 is 9.47 Å². The highest BCUT2D eigenvalue weighted by atomic mass is 32.1. The predicted molar refractivity (Wildman–Crippen MR) is 91.8 cm³/mol. The van der Waals surface area contributed by atoms with Gasteiger partial charge in [-0.3, -0.25) is 0 Å². The fourth-order valence-corrected chi connectivity index (χ4v) is 4.28. The molecule has 0 saturated heterocycles. The Balaban J connectivity index is 1.81. The molecule has 0 bridgehead atoms. The van der Waals surface area contributed by atoms with E-state index >= 15 is 0 Å². The average molecular weight is 337 g/mol. The first-order valence-electron chi connectivity index (χ1n) is 7.81. The number of nitriles is 1. The maximum absolute atomic E-state index is 9.02. The van der Waals surface area contributed by atoms with Gasteiger partial charge in [0.2, 0.25) is 5.88 Å². The van der Waals surface area contributed by atoms with E-state index in [1.54, 1.807) is 36.6 Å². The SMILES string of the molecule is COc1cc(C#N)ccc1Oc1ncnc2sc3c(c12)CCCC3. The van der Waals surface area contributed by atoms with E-state index in [-0.39, 0.29) is 0 Å². The van der Waals surface area contributed by atoms with Gasteiger partial charge >= 0.3 is 0 Å². The number of aromatic nitrogens is 2. The van der Waals surface area contributed by atoms with Gasteiger partial charge in [-0.1, -0.05) is 0 Å². The molecule has 0 radical (unpaired) electrons. The number of nitrogens with zero attached hydrogens (tertiary/aromatic N) is 3. The number of ether oxygens (including phenoxy) is 2. The van der Waals surface area contributed by atoms with Crippen LogP contribution in [-0.2, 0) is 12.8 Å². The lowest BCUT2D eigenvalue weighted by atomic mass is 9.97. The molecular formula is C18H15N3O2S. The van der Waals surface area contributed by atoms with Crippen LogP contribution in [0.25, 0.3) is 10.2 Å². The summed E-state index contributed by atoms with van der Waals surface area (Å²) in [4.78, 5) is 11.1. The van der Waals surface area contributed by atoms with E-state index in [1.807, 2.05) is 0 Å². The van der Waals surface area contributed by atoms with E-state index in [9.17, 15) is 0 Å². The van der Waals surface area contributed by atoms with Gasteiger partial charge in [-0.2, -0.15) is 5.26 Å². The van der Waals surface area contributed by atoms with E-state index in [1.165, 1.54) is 29.6 Å². The van der Waals surface area contributed by atoms with Crippen molar-refractivity contribution in [1.82, 2.24) is 9.97 Å². The number of hydrogen-bond donors (Lipinski definition) is 0. The number of methoxy groups -OCH3 is 1. The Bertz CT molecular complexity index is 959. The highest BCUT2D eigenvalue weighted by molar-refractivity contribution is 7.18. The molecule has 24 heavy (non-hydrogen) atoms. The zero-order chi connectivity index (χ0) is 16.5. The smallest absolute Gasteiger partial charge is 0.231 e. The maximum atomic E-state index is 9.02. The van der Waals surface area contributed by atoms with Gasteiger partial charge in [-0.15, -0.1) is 11.3 Å². The van der Waals surface area contributed by atoms with Crippen molar-refractivity contribution in [3.8, 4) is 23.4 Å². The molecule has 4 rings (SSSR count). The monoisotopic (exact) mass is 337 g/mol. The fraction of sp³-hybridized carbons (Fsp3) is 0.278. The molecular weight excluding hydrogens is 322 g/mol. The van der Waals surface area contributed by atoms with Gasteiger partial charge in [-0.25, -0.2) is 9.97 Å². The van der Waals surface area contributed by atoms with E-state index in [4.69, 9.17) is 14.7 Å². The second kappa shape index (κ2) is 6.10. The van der Waals surface area contributed by atoms with Crippen LogP contribution in [0.1, 0.15) is 28.8 Å². The van der Waals surface area contributed by atoms with Crippen molar-refractivity contribution < 1.29 is 9.47 Å². The van der Waals surface area contributed by atoms with Crippen molar-refractivity contribution in [1.29, 1.82) is 5.26 Å². The van der Waals surface area contributed by atoms with Gasteiger partial charge in [-0.05, 0) is 43.4 Å². The van der Waals surface area contributed by atoms with Crippen molar-refractivity contribution in [3.05, 3.63) is 40.5 Å². The molecule has 0 atom stereocenters. The zero-order valence-electron chi connectivity index (χ0n) is 13.2. The first kappa shape index (κ1) is 14.9. The highest BCUT2D eigenvalue weighted by Crippen LogP contribution is 2.41. The minimum absolute atomic E-state index is 0.518. The van der Waals surface area contributed by atoms with Crippen LogP contribution in [0.2, 0.25) is 0 Å².